The fourth-order valence-corrected chi connectivity index (χ4v) is 2.14. The first-order valence-corrected chi connectivity index (χ1v) is 7.24. The molecule has 0 spiro atoms. The van der Waals surface area contributed by atoms with E-state index in [0.29, 0.717) is 0 Å². The van der Waals surface area contributed by atoms with Crippen LogP contribution in [0.15, 0.2) is 29.4 Å². The minimum Gasteiger partial charge on any atom is -0.490 e. The maximum absolute atomic E-state index is 8.67. The molecule has 1 rings (SSSR count). The lowest BCUT2D eigenvalue weighted by molar-refractivity contribution is 0.175. The molecular weight excluding hydrogens is 238 g/mol. The van der Waals surface area contributed by atoms with Crippen LogP contribution in [0.4, 0.5) is 0 Å². The van der Waals surface area contributed by atoms with Gasteiger partial charge in [0.25, 0.3) is 0 Å². The van der Waals surface area contributed by atoms with Crippen molar-refractivity contribution < 1.29 is 9.94 Å². The lowest BCUT2D eigenvalue weighted by Gasteiger charge is -2.19. The largest absolute Gasteiger partial charge is 0.490 e. The molecule has 1 N–H and O–H groups in total. The van der Waals surface area contributed by atoms with E-state index in [1.165, 1.54) is 25.5 Å². The molecule has 106 valence electrons. The van der Waals surface area contributed by atoms with Crippen LogP contribution in [0, 0.1) is 0 Å². The monoisotopic (exact) mass is 263 g/mol. The van der Waals surface area contributed by atoms with Crippen LogP contribution in [0.1, 0.15) is 57.9 Å². The summed E-state index contributed by atoms with van der Waals surface area (Å²) in [6, 6.07) is 7.68. The molecule has 0 bridgehead atoms. The van der Waals surface area contributed by atoms with Gasteiger partial charge in [0.2, 0.25) is 0 Å². The van der Waals surface area contributed by atoms with E-state index in [4.69, 9.17) is 9.94 Å². The van der Waals surface area contributed by atoms with Gasteiger partial charge in [-0.05, 0) is 31.4 Å². The first kappa shape index (κ1) is 15.5. The first-order valence-electron chi connectivity index (χ1n) is 7.24. The summed E-state index contributed by atoms with van der Waals surface area (Å²) >= 11 is 0. The van der Waals surface area contributed by atoms with Gasteiger partial charge in [0.15, 0.2) is 0 Å². The van der Waals surface area contributed by atoms with Crippen LogP contribution in [0.3, 0.4) is 0 Å². The lowest BCUT2D eigenvalue weighted by Crippen LogP contribution is -2.17. The van der Waals surface area contributed by atoms with Crippen molar-refractivity contribution in [3.63, 3.8) is 0 Å². The number of oxime groups is 1. The molecule has 1 aromatic rings. The van der Waals surface area contributed by atoms with E-state index in [0.717, 1.165) is 30.6 Å². The number of rotatable bonds is 9. The molecule has 3 heteroatoms. The number of unbranched alkanes of at least 4 members (excludes halogenated alkanes) is 2. The van der Waals surface area contributed by atoms with Crippen LogP contribution in [0.25, 0.3) is 0 Å². The number of ether oxygens (including phenoxy) is 1. The van der Waals surface area contributed by atoms with Crippen LogP contribution in [0.5, 0.6) is 5.75 Å². The third-order valence-electron chi connectivity index (χ3n) is 3.15. The molecule has 0 aliphatic carbocycles. The molecule has 1 aromatic carbocycles. The minimum absolute atomic E-state index is 0.254. The van der Waals surface area contributed by atoms with Crippen LogP contribution in [0.2, 0.25) is 0 Å². The van der Waals surface area contributed by atoms with Crippen LogP contribution < -0.4 is 4.74 Å². The summed E-state index contributed by atoms with van der Waals surface area (Å²) in [6.07, 6.45) is 8.63. The number of nitrogens with zero attached hydrogens (tertiary/aromatic N) is 1. The van der Waals surface area contributed by atoms with E-state index in [-0.39, 0.29) is 6.10 Å². The molecule has 0 aromatic heterocycles. The molecule has 0 saturated carbocycles. The third-order valence-corrected chi connectivity index (χ3v) is 3.15. The summed E-state index contributed by atoms with van der Waals surface area (Å²) in [6.45, 7) is 4.39. The highest BCUT2D eigenvalue weighted by Gasteiger charge is 2.11. The standard InChI is InChI=1S/C16H25NO2/c1-3-5-6-11-15(9-4-2)19-16-12-8-7-10-14(16)13-17-18/h7-8,10,12-13,15,18H,3-6,9,11H2,1-2H3. The molecule has 0 fully saturated rings. The van der Waals surface area contributed by atoms with Gasteiger partial charge in [-0.15, -0.1) is 0 Å². The smallest absolute Gasteiger partial charge is 0.128 e. The van der Waals surface area contributed by atoms with Crippen molar-refractivity contribution in [2.75, 3.05) is 0 Å². The molecule has 3 nitrogen and oxygen atoms in total. The fraction of sp³-hybridized carbons (Fsp3) is 0.562. The zero-order chi connectivity index (χ0) is 13.9. The second kappa shape index (κ2) is 9.42. The van der Waals surface area contributed by atoms with Crippen LogP contribution in [-0.4, -0.2) is 17.5 Å². The Labute approximate surface area is 116 Å². The van der Waals surface area contributed by atoms with Gasteiger partial charge in [-0.3, -0.25) is 0 Å². The Morgan fingerprint density at radius 1 is 1.16 bits per heavy atom. The Kier molecular flexibility index (Phi) is 7.71. The number of hydrogen-bond donors (Lipinski definition) is 1. The minimum atomic E-state index is 0.254. The Hall–Kier alpha value is -1.51. The SMILES string of the molecule is CCCCCC(CCC)Oc1ccccc1C=NO. The van der Waals surface area contributed by atoms with E-state index < -0.39 is 0 Å². The quantitative estimate of drug-likeness (QED) is 0.305. The van der Waals surface area contributed by atoms with Crippen molar-refractivity contribution in [3.05, 3.63) is 29.8 Å². The predicted octanol–water partition coefficient (Wildman–Crippen LogP) is 4.62. The summed E-state index contributed by atoms with van der Waals surface area (Å²) in [5.74, 6) is 0.801. The van der Waals surface area contributed by atoms with Crippen LogP contribution >= 0.6 is 0 Å². The molecule has 19 heavy (non-hydrogen) atoms. The fourth-order valence-electron chi connectivity index (χ4n) is 2.14. The van der Waals surface area contributed by atoms with E-state index >= 15 is 0 Å². The van der Waals surface area contributed by atoms with Crippen molar-refractivity contribution in [3.8, 4) is 5.75 Å². The normalized spacial score (nSPS) is 12.7. The zero-order valence-electron chi connectivity index (χ0n) is 12.0. The summed E-state index contributed by atoms with van der Waals surface area (Å²) in [4.78, 5) is 0. The Balaban J connectivity index is 2.66. The zero-order valence-corrected chi connectivity index (χ0v) is 12.0. The van der Waals surface area contributed by atoms with E-state index in [9.17, 15) is 0 Å². The molecule has 1 unspecified atom stereocenters. The van der Waals surface area contributed by atoms with Gasteiger partial charge in [0.1, 0.15) is 5.75 Å². The lowest BCUT2D eigenvalue weighted by atomic mass is 10.1. The van der Waals surface area contributed by atoms with Crippen molar-refractivity contribution in [2.45, 2.75) is 58.5 Å². The maximum Gasteiger partial charge on any atom is 0.128 e. The highest BCUT2D eigenvalue weighted by atomic mass is 16.5. The number of benzene rings is 1. The van der Waals surface area contributed by atoms with Gasteiger partial charge >= 0.3 is 0 Å². The van der Waals surface area contributed by atoms with Gasteiger partial charge in [-0.2, -0.15) is 0 Å². The molecule has 1 atom stereocenters. The van der Waals surface area contributed by atoms with E-state index in [1.807, 2.05) is 24.3 Å². The van der Waals surface area contributed by atoms with Gasteiger partial charge < -0.3 is 9.94 Å². The van der Waals surface area contributed by atoms with E-state index in [2.05, 4.69) is 19.0 Å². The highest BCUT2D eigenvalue weighted by Crippen LogP contribution is 2.21. The summed E-state index contributed by atoms with van der Waals surface area (Å²) in [5.41, 5.74) is 0.821. The van der Waals surface area contributed by atoms with Crippen LogP contribution in [-0.2, 0) is 0 Å². The van der Waals surface area contributed by atoms with Gasteiger partial charge in [0.05, 0.1) is 12.3 Å². The molecule has 0 radical (unpaired) electrons. The molecule has 0 saturated heterocycles. The average molecular weight is 263 g/mol. The second-order valence-electron chi connectivity index (χ2n) is 4.81. The van der Waals surface area contributed by atoms with Crippen molar-refractivity contribution in [2.24, 2.45) is 5.16 Å². The average Bonchev–Trinajstić information content (AvgIpc) is 2.42. The Bertz CT molecular complexity index is 377. The number of para-hydroxylation sites is 1. The molecule has 0 aliphatic rings. The van der Waals surface area contributed by atoms with Crippen molar-refractivity contribution in [1.82, 2.24) is 0 Å². The summed E-state index contributed by atoms with van der Waals surface area (Å²) in [5, 5.41) is 11.8. The molecule has 0 aliphatic heterocycles. The van der Waals surface area contributed by atoms with Gasteiger partial charge in [0, 0.05) is 5.56 Å². The molecular formula is C16H25NO2. The molecule has 0 amide bonds. The van der Waals surface area contributed by atoms with Crippen molar-refractivity contribution in [1.29, 1.82) is 0 Å². The Morgan fingerprint density at radius 2 is 1.95 bits per heavy atom. The second-order valence-corrected chi connectivity index (χ2v) is 4.81. The summed E-state index contributed by atoms with van der Waals surface area (Å²) < 4.78 is 6.08. The highest BCUT2D eigenvalue weighted by molar-refractivity contribution is 5.82. The maximum atomic E-state index is 8.67. The number of hydrogen-bond acceptors (Lipinski definition) is 3. The third kappa shape index (κ3) is 5.77. The Morgan fingerprint density at radius 3 is 2.63 bits per heavy atom. The van der Waals surface area contributed by atoms with Crippen molar-refractivity contribution >= 4 is 6.21 Å². The topological polar surface area (TPSA) is 41.8 Å². The van der Waals surface area contributed by atoms with Gasteiger partial charge in [-0.1, -0.05) is 50.4 Å². The van der Waals surface area contributed by atoms with E-state index in [1.54, 1.807) is 0 Å². The van der Waals surface area contributed by atoms with Gasteiger partial charge in [-0.25, -0.2) is 0 Å². The first-order chi connectivity index (χ1) is 9.31. The molecule has 0 heterocycles. The predicted molar refractivity (Wildman–Crippen MR) is 79.3 cm³/mol. The summed E-state index contributed by atoms with van der Waals surface area (Å²) in [7, 11) is 0.